The van der Waals surface area contributed by atoms with Crippen molar-refractivity contribution in [1.29, 1.82) is 0 Å². The number of nitrogens with zero attached hydrogens (tertiary/aromatic N) is 1. The summed E-state index contributed by atoms with van der Waals surface area (Å²) >= 11 is 0. The van der Waals surface area contributed by atoms with E-state index in [1.54, 1.807) is 14.2 Å². The summed E-state index contributed by atoms with van der Waals surface area (Å²) in [4.78, 5) is 15.3. The monoisotopic (exact) mass is 363 g/mol. The lowest BCUT2D eigenvalue weighted by Gasteiger charge is -2.28. The average molecular weight is 363 g/mol. The molecule has 0 radical (unpaired) electrons. The lowest BCUT2D eigenvalue weighted by Crippen LogP contribution is -2.37. The second kappa shape index (κ2) is 8.69. The van der Waals surface area contributed by atoms with Crippen LogP contribution in [0, 0.1) is 0 Å². The number of ketones is 1. The number of piperidine rings is 1. The van der Waals surface area contributed by atoms with E-state index in [0.29, 0.717) is 13.1 Å². The van der Waals surface area contributed by atoms with Gasteiger partial charge < -0.3 is 9.47 Å². The third kappa shape index (κ3) is 4.66. The first-order chi connectivity index (χ1) is 13.1. The predicted molar refractivity (Wildman–Crippen MR) is 109 cm³/mol. The molecule has 0 N–H and O–H groups in total. The quantitative estimate of drug-likeness (QED) is 0.751. The summed E-state index contributed by atoms with van der Waals surface area (Å²) in [6, 6.07) is 15.5. The highest BCUT2D eigenvalue weighted by molar-refractivity contribution is 6.14. The first kappa shape index (κ1) is 18.9. The van der Waals surface area contributed by atoms with Crippen LogP contribution in [0.5, 0.6) is 11.5 Å². The molecule has 0 saturated carbocycles. The van der Waals surface area contributed by atoms with E-state index in [-0.39, 0.29) is 5.78 Å². The normalized spacial score (nSPS) is 18.1. The molecule has 0 unspecified atom stereocenters. The van der Waals surface area contributed by atoms with Crippen LogP contribution >= 0.6 is 0 Å². The van der Waals surface area contributed by atoms with Crippen LogP contribution in [0.15, 0.2) is 59.7 Å². The molecule has 0 aromatic heterocycles. The van der Waals surface area contributed by atoms with Crippen molar-refractivity contribution in [3.63, 3.8) is 0 Å². The molecule has 2 aromatic rings. The third-order valence-electron chi connectivity index (χ3n) is 4.73. The molecule has 0 bridgehead atoms. The van der Waals surface area contributed by atoms with Crippen LogP contribution in [-0.4, -0.2) is 44.5 Å². The fraction of sp³-hybridized carbons (Fsp3) is 0.261. The molecule has 3 rings (SSSR count). The number of hydrogen-bond donors (Lipinski definition) is 0. The van der Waals surface area contributed by atoms with Gasteiger partial charge in [-0.1, -0.05) is 31.2 Å². The zero-order chi connectivity index (χ0) is 19.2. The maximum absolute atomic E-state index is 13.0. The largest absolute Gasteiger partial charge is 0.497 e. The second-order valence-corrected chi connectivity index (χ2v) is 6.52. The smallest absolute Gasteiger partial charge is 0.187 e. The predicted octanol–water partition coefficient (Wildman–Crippen LogP) is 4.08. The first-order valence-electron chi connectivity index (χ1n) is 9.09. The molecule has 27 heavy (non-hydrogen) atoms. The van der Waals surface area contributed by atoms with Crippen LogP contribution in [0.1, 0.15) is 18.1 Å². The van der Waals surface area contributed by atoms with Gasteiger partial charge in [0.25, 0.3) is 0 Å². The number of carbonyl (C=O) groups is 1. The molecule has 140 valence electrons. The standard InChI is InChI=1S/C23H25NO3/c1-4-24-15-19(13-17-5-9-21(26-2)10-6-17)23(25)20(16-24)14-18-7-11-22(27-3)12-8-18/h5-14H,4,15-16H2,1-3H3. The molecular formula is C23H25NO3. The van der Waals surface area contributed by atoms with Crippen LogP contribution in [-0.2, 0) is 4.79 Å². The molecule has 0 spiro atoms. The van der Waals surface area contributed by atoms with Gasteiger partial charge in [0.05, 0.1) is 14.2 Å². The molecule has 1 fully saturated rings. The Hall–Kier alpha value is -2.85. The Balaban J connectivity index is 1.89. The lowest BCUT2D eigenvalue weighted by atomic mass is 9.94. The number of carbonyl (C=O) groups excluding carboxylic acids is 1. The van der Waals surface area contributed by atoms with Gasteiger partial charge in [-0.3, -0.25) is 9.69 Å². The highest BCUT2D eigenvalue weighted by Gasteiger charge is 2.25. The molecule has 1 heterocycles. The fourth-order valence-electron chi connectivity index (χ4n) is 3.14. The molecular weight excluding hydrogens is 338 g/mol. The van der Waals surface area contributed by atoms with E-state index in [1.807, 2.05) is 60.7 Å². The third-order valence-corrected chi connectivity index (χ3v) is 4.73. The van der Waals surface area contributed by atoms with Crippen molar-refractivity contribution in [3.05, 3.63) is 70.8 Å². The van der Waals surface area contributed by atoms with E-state index in [4.69, 9.17) is 9.47 Å². The Morgan fingerprint density at radius 2 is 1.22 bits per heavy atom. The van der Waals surface area contributed by atoms with Crippen LogP contribution in [0.2, 0.25) is 0 Å². The van der Waals surface area contributed by atoms with Gasteiger partial charge in [-0.15, -0.1) is 0 Å². The van der Waals surface area contributed by atoms with E-state index in [9.17, 15) is 4.79 Å². The van der Waals surface area contributed by atoms with E-state index < -0.39 is 0 Å². The van der Waals surface area contributed by atoms with Gasteiger partial charge in [-0.25, -0.2) is 0 Å². The maximum Gasteiger partial charge on any atom is 0.187 e. The van der Waals surface area contributed by atoms with Gasteiger partial charge in [0.1, 0.15) is 11.5 Å². The Morgan fingerprint density at radius 1 is 0.815 bits per heavy atom. The minimum atomic E-state index is 0.117. The van der Waals surface area contributed by atoms with Crippen molar-refractivity contribution in [2.24, 2.45) is 0 Å². The van der Waals surface area contributed by atoms with Crippen LogP contribution in [0.25, 0.3) is 12.2 Å². The van der Waals surface area contributed by atoms with Gasteiger partial charge in [0.2, 0.25) is 0 Å². The SMILES string of the molecule is CCN1CC(=Cc2ccc(OC)cc2)C(=O)C(=Cc2ccc(OC)cc2)C1. The van der Waals surface area contributed by atoms with Crippen LogP contribution < -0.4 is 9.47 Å². The van der Waals surface area contributed by atoms with Gasteiger partial charge in [-0.2, -0.15) is 0 Å². The molecule has 2 aromatic carbocycles. The number of likely N-dealkylation sites (tertiary alicyclic amines) is 1. The van der Waals surface area contributed by atoms with Crippen molar-refractivity contribution in [2.75, 3.05) is 33.9 Å². The van der Waals surface area contributed by atoms with Gasteiger partial charge >= 0.3 is 0 Å². The van der Waals surface area contributed by atoms with Crippen molar-refractivity contribution < 1.29 is 14.3 Å². The Bertz CT molecular complexity index is 779. The Morgan fingerprint density at radius 3 is 1.56 bits per heavy atom. The zero-order valence-corrected chi connectivity index (χ0v) is 16.1. The Labute approximate surface area is 160 Å². The zero-order valence-electron chi connectivity index (χ0n) is 16.1. The number of benzene rings is 2. The summed E-state index contributed by atoms with van der Waals surface area (Å²) in [5.41, 5.74) is 3.63. The molecule has 4 nitrogen and oxygen atoms in total. The van der Waals surface area contributed by atoms with E-state index in [1.165, 1.54) is 0 Å². The van der Waals surface area contributed by atoms with E-state index in [2.05, 4.69) is 11.8 Å². The summed E-state index contributed by atoms with van der Waals surface area (Å²) in [5.74, 6) is 1.73. The molecule has 1 aliphatic heterocycles. The molecule has 0 atom stereocenters. The molecule has 4 heteroatoms. The van der Waals surface area contributed by atoms with Crippen molar-refractivity contribution in [1.82, 2.24) is 4.90 Å². The second-order valence-electron chi connectivity index (χ2n) is 6.52. The summed E-state index contributed by atoms with van der Waals surface area (Å²) in [7, 11) is 3.29. The maximum atomic E-state index is 13.0. The topological polar surface area (TPSA) is 38.8 Å². The molecule has 1 saturated heterocycles. The lowest BCUT2D eigenvalue weighted by molar-refractivity contribution is -0.113. The van der Waals surface area contributed by atoms with Gasteiger partial charge in [0, 0.05) is 24.2 Å². The minimum Gasteiger partial charge on any atom is -0.497 e. The van der Waals surface area contributed by atoms with Crippen molar-refractivity contribution in [3.8, 4) is 11.5 Å². The summed E-state index contributed by atoms with van der Waals surface area (Å²) in [6.07, 6.45) is 3.96. The number of Topliss-reactive ketones (excluding diaryl/α,β-unsaturated/α-hetero) is 1. The number of likely N-dealkylation sites (N-methyl/N-ethyl adjacent to an activating group) is 1. The van der Waals surface area contributed by atoms with E-state index in [0.717, 1.165) is 40.3 Å². The average Bonchev–Trinajstić information content (AvgIpc) is 2.72. The number of rotatable bonds is 5. The summed E-state index contributed by atoms with van der Waals surface area (Å²) in [6.45, 7) is 4.35. The first-order valence-corrected chi connectivity index (χ1v) is 9.09. The van der Waals surface area contributed by atoms with Crippen molar-refractivity contribution >= 4 is 17.9 Å². The highest BCUT2D eigenvalue weighted by Crippen LogP contribution is 2.23. The number of hydrogen-bond acceptors (Lipinski definition) is 4. The molecule has 1 aliphatic rings. The van der Waals surface area contributed by atoms with Gasteiger partial charge in [-0.05, 0) is 54.1 Å². The Kier molecular flexibility index (Phi) is 6.09. The van der Waals surface area contributed by atoms with E-state index >= 15 is 0 Å². The molecule has 0 aliphatic carbocycles. The molecule has 0 amide bonds. The minimum absolute atomic E-state index is 0.117. The summed E-state index contributed by atoms with van der Waals surface area (Å²) < 4.78 is 10.4. The van der Waals surface area contributed by atoms with Crippen LogP contribution in [0.4, 0.5) is 0 Å². The number of ether oxygens (including phenoxy) is 2. The van der Waals surface area contributed by atoms with Crippen molar-refractivity contribution in [2.45, 2.75) is 6.92 Å². The number of methoxy groups -OCH3 is 2. The van der Waals surface area contributed by atoms with Gasteiger partial charge in [0.15, 0.2) is 5.78 Å². The summed E-state index contributed by atoms with van der Waals surface area (Å²) in [5, 5.41) is 0. The fourth-order valence-corrected chi connectivity index (χ4v) is 3.14. The highest BCUT2D eigenvalue weighted by atomic mass is 16.5. The van der Waals surface area contributed by atoms with Crippen LogP contribution in [0.3, 0.4) is 0 Å².